The largest absolute Gasteiger partial charge is 0.370 e. The lowest BCUT2D eigenvalue weighted by Gasteiger charge is -1.93. The van der Waals surface area contributed by atoms with Crippen molar-refractivity contribution in [2.75, 3.05) is 7.05 Å². The van der Waals surface area contributed by atoms with Crippen LogP contribution in [0.1, 0.15) is 14.3 Å². The van der Waals surface area contributed by atoms with Crippen molar-refractivity contribution >= 4 is 11.8 Å². The van der Waals surface area contributed by atoms with Crippen LogP contribution in [0, 0.1) is 0 Å². The van der Waals surface area contributed by atoms with Crippen LogP contribution in [-0.4, -0.2) is 18.9 Å². The average Bonchev–Trinajstić information content (AvgIpc) is 1.83. The summed E-state index contributed by atoms with van der Waals surface area (Å²) in [6.45, 7) is 0. The summed E-state index contributed by atoms with van der Waals surface area (Å²) in [5, 5.41) is 2.37. The van der Waals surface area contributed by atoms with Crippen LogP contribution >= 0.6 is 0 Å². The summed E-state index contributed by atoms with van der Waals surface area (Å²) in [6.07, 6.45) is 0.311. The summed E-state index contributed by atoms with van der Waals surface area (Å²) in [7, 11) is 1.52. The van der Waals surface area contributed by atoms with Gasteiger partial charge in [0.1, 0.15) is 0 Å². The molecule has 2 amide bonds. The monoisotopic (exact) mass is 132 g/mol. The van der Waals surface area contributed by atoms with Crippen LogP contribution < -0.4 is 11.1 Å². The van der Waals surface area contributed by atoms with Crippen molar-refractivity contribution in [3.63, 3.8) is 0 Å². The molecule has 54 valence electrons. The Balaban J connectivity index is 0. The van der Waals surface area contributed by atoms with Crippen molar-refractivity contribution in [1.82, 2.24) is 5.32 Å². The number of hydrogen-bond donors (Lipinski definition) is 2. The molecule has 0 atom stereocenters. The van der Waals surface area contributed by atoms with Crippen molar-refractivity contribution < 1.29 is 11.0 Å². The van der Waals surface area contributed by atoms with Gasteiger partial charge in [0, 0.05) is 21.3 Å². The summed E-state index contributed by atoms with van der Waals surface area (Å²) >= 11 is 0. The van der Waals surface area contributed by atoms with Gasteiger partial charge in [0.25, 0.3) is 0 Å². The van der Waals surface area contributed by atoms with E-state index in [1.165, 1.54) is 7.05 Å². The molecule has 3 N–H and O–H groups in total. The number of carbonyl (C=O) groups excluding carboxylic acids is 2. The van der Waals surface area contributed by atoms with Crippen molar-refractivity contribution in [2.24, 2.45) is 5.73 Å². The number of carbonyl (C=O) groups is 2. The van der Waals surface area contributed by atoms with Crippen LogP contribution in [0.4, 0.5) is 0 Å². The zero-order chi connectivity index (χ0) is 7.28. The van der Waals surface area contributed by atoms with Crippen molar-refractivity contribution in [2.45, 2.75) is 12.8 Å². The van der Waals surface area contributed by atoms with Gasteiger partial charge in [0.2, 0.25) is 11.8 Å². The smallest absolute Gasteiger partial charge is 0.220 e. The lowest BCUT2D eigenvalue weighted by Crippen LogP contribution is -2.20. The molecule has 0 aliphatic heterocycles. The van der Waals surface area contributed by atoms with Crippen LogP contribution in [0.5, 0.6) is 0 Å². The Bertz CT molecular complexity index is 127. The summed E-state index contributed by atoms with van der Waals surface area (Å²) < 4.78 is 0. The second kappa shape index (κ2) is 3.88. The molecule has 0 aliphatic carbocycles. The van der Waals surface area contributed by atoms with E-state index in [1.807, 2.05) is 0 Å². The van der Waals surface area contributed by atoms with Crippen LogP contribution in [0.3, 0.4) is 0 Å². The maximum atomic E-state index is 10.4. The van der Waals surface area contributed by atoms with E-state index in [4.69, 9.17) is 5.73 Å². The highest BCUT2D eigenvalue weighted by Crippen LogP contribution is 1.84. The second-order valence-electron chi connectivity index (χ2n) is 1.64. The summed E-state index contributed by atoms with van der Waals surface area (Å²) in [5.74, 6) is -0.604. The third-order valence-electron chi connectivity index (χ3n) is 0.877. The second-order valence-corrected chi connectivity index (χ2v) is 1.64. The first-order valence-corrected chi connectivity index (χ1v) is 2.65. The van der Waals surface area contributed by atoms with Gasteiger partial charge in [-0.3, -0.25) is 9.59 Å². The molecule has 4 heteroatoms. The predicted molar refractivity (Wildman–Crippen MR) is 34.6 cm³/mol. The molecular formula is C5H12N2O2. The summed E-state index contributed by atoms with van der Waals surface area (Å²) in [6, 6.07) is 0. The molecule has 0 rings (SSSR count). The fourth-order valence-corrected chi connectivity index (χ4v) is 0.362. The van der Waals surface area contributed by atoms with E-state index in [0.717, 1.165) is 0 Å². The van der Waals surface area contributed by atoms with Crippen LogP contribution in [0.2, 0.25) is 0 Å². The Hall–Kier alpha value is -1.06. The fraction of sp³-hybridized carbons (Fsp3) is 0.600. The van der Waals surface area contributed by atoms with Gasteiger partial charge in [-0.2, -0.15) is 0 Å². The molecular weight excluding hydrogens is 120 g/mol. The van der Waals surface area contributed by atoms with E-state index in [9.17, 15) is 9.59 Å². The minimum atomic E-state index is -0.446. The molecule has 0 aromatic rings. The molecule has 0 aromatic carbocycles. The average molecular weight is 132 g/mol. The summed E-state index contributed by atoms with van der Waals surface area (Å²) in [4.78, 5) is 20.5. The van der Waals surface area contributed by atoms with Crippen molar-refractivity contribution in [3.05, 3.63) is 0 Å². The van der Waals surface area contributed by atoms with E-state index in [1.54, 1.807) is 0 Å². The lowest BCUT2D eigenvalue weighted by atomic mass is 10.3. The fourth-order valence-electron chi connectivity index (χ4n) is 0.362. The molecule has 0 bridgehead atoms. The van der Waals surface area contributed by atoms with Crippen molar-refractivity contribution in [1.29, 1.82) is 0 Å². The number of nitrogens with two attached hydrogens (primary N) is 1. The molecule has 0 spiro atoms. The van der Waals surface area contributed by atoms with Crippen LogP contribution in [0.25, 0.3) is 0 Å². The molecule has 0 unspecified atom stereocenters. The third kappa shape index (κ3) is 4.80. The number of hydrogen-bond acceptors (Lipinski definition) is 2. The van der Waals surface area contributed by atoms with Gasteiger partial charge in [-0.1, -0.05) is 0 Å². The third-order valence-corrected chi connectivity index (χ3v) is 0.877. The Kier molecular flexibility index (Phi) is 3.43. The number of nitrogens with one attached hydrogen (secondary N) is 1. The molecule has 0 radical (unpaired) electrons. The standard InChI is InChI=1S/C5H10N2O2.H2/c1-7-5(9)3-2-4(6)8;/h2-3H2,1H3,(H2,6,8)(H,7,9);1H. The highest BCUT2D eigenvalue weighted by atomic mass is 16.2. The Morgan fingerprint density at radius 1 is 1.56 bits per heavy atom. The molecule has 0 saturated carbocycles. The molecule has 4 nitrogen and oxygen atoms in total. The zero-order valence-corrected chi connectivity index (χ0v) is 5.31. The molecule has 0 heterocycles. The van der Waals surface area contributed by atoms with Crippen LogP contribution in [0.15, 0.2) is 0 Å². The van der Waals surface area contributed by atoms with E-state index in [2.05, 4.69) is 5.32 Å². The van der Waals surface area contributed by atoms with Gasteiger partial charge in [0.15, 0.2) is 0 Å². The maximum Gasteiger partial charge on any atom is 0.220 e. The number of rotatable bonds is 3. The first-order valence-electron chi connectivity index (χ1n) is 2.65. The van der Waals surface area contributed by atoms with Gasteiger partial charge in [-0.25, -0.2) is 0 Å². The number of amides is 2. The highest BCUT2D eigenvalue weighted by molar-refractivity contribution is 5.82. The lowest BCUT2D eigenvalue weighted by molar-refractivity contribution is -0.124. The molecule has 9 heavy (non-hydrogen) atoms. The Morgan fingerprint density at radius 3 is 2.44 bits per heavy atom. The minimum Gasteiger partial charge on any atom is -0.370 e. The summed E-state index contributed by atoms with van der Waals surface area (Å²) in [5.41, 5.74) is 4.78. The first kappa shape index (κ1) is 7.94. The van der Waals surface area contributed by atoms with Gasteiger partial charge >= 0.3 is 0 Å². The Labute approximate surface area is 54.9 Å². The van der Waals surface area contributed by atoms with Gasteiger partial charge in [0.05, 0.1) is 0 Å². The molecule has 0 aromatic heterocycles. The van der Waals surface area contributed by atoms with Gasteiger partial charge in [-0.15, -0.1) is 0 Å². The zero-order valence-electron chi connectivity index (χ0n) is 5.31. The quantitative estimate of drug-likeness (QED) is 0.530. The van der Waals surface area contributed by atoms with E-state index in [-0.39, 0.29) is 20.2 Å². The van der Waals surface area contributed by atoms with Crippen molar-refractivity contribution in [3.8, 4) is 0 Å². The van der Waals surface area contributed by atoms with E-state index in [0.29, 0.717) is 0 Å². The van der Waals surface area contributed by atoms with E-state index >= 15 is 0 Å². The van der Waals surface area contributed by atoms with Gasteiger partial charge < -0.3 is 11.1 Å². The predicted octanol–water partition coefficient (Wildman–Crippen LogP) is -0.756. The Morgan fingerprint density at radius 2 is 2.11 bits per heavy atom. The molecule has 0 saturated heterocycles. The molecule has 0 aliphatic rings. The molecule has 0 fully saturated rings. The van der Waals surface area contributed by atoms with Crippen LogP contribution in [-0.2, 0) is 9.59 Å². The SMILES string of the molecule is CNC(=O)CCC(N)=O.[HH]. The normalized spacial score (nSPS) is 8.56. The minimum absolute atomic E-state index is 0. The topological polar surface area (TPSA) is 72.2 Å². The van der Waals surface area contributed by atoms with E-state index < -0.39 is 5.91 Å². The highest BCUT2D eigenvalue weighted by Gasteiger charge is 1.99. The number of primary amides is 1. The first-order chi connectivity index (χ1) is 4.16. The van der Waals surface area contributed by atoms with Gasteiger partial charge in [-0.05, 0) is 0 Å². The maximum absolute atomic E-state index is 10.4.